The summed E-state index contributed by atoms with van der Waals surface area (Å²) in [6.07, 6.45) is 7.23. The number of aromatic hydroxyl groups is 3. The van der Waals surface area contributed by atoms with E-state index in [1.54, 1.807) is 92.7 Å². The van der Waals surface area contributed by atoms with Gasteiger partial charge in [-0.3, -0.25) is 13.7 Å². The van der Waals surface area contributed by atoms with Crippen molar-refractivity contribution in [1.82, 2.24) is 44.9 Å². The zero-order chi connectivity index (χ0) is 83.2. The molecule has 0 saturated carbocycles. The van der Waals surface area contributed by atoms with Gasteiger partial charge < -0.3 is 93.3 Å². The number of azo groups is 3. The van der Waals surface area contributed by atoms with Crippen LogP contribution in [0.15, 0.2) is 184 Å². The Morgan fingerprint density at radius 2 is 0.759 bits per heavy atom. The van der Waals surface area contributed by atoms with E-state index in [1.807, 2.05) is 0 Å². The maximum atomic E-state index is 11.6. The van der Waals surface area contributed by atoms with Gasteiger partial charge in [0.1, 0.15) is 52.2 Å². The summed E-state index contributed by atoms with van der Waals surface area (Å²) in [6, 6.07) is 32.3. The summed E-state index contributed by atoms with van der Waals surface area (Å²) in [6.45, 7) is 3.45. The van der Waals surface area contributed by atoms with Crippen molar-refractivity contribution < 1.29 is 205 Å². The molecule has 3 heterocycles. The monoisotopic (exact) mass is 1940 g/mol. The number of aromatic nitrogens is 9. The second kappa shape index (κ2) is 45.0. The maximum Gasteiger partial charge on any atom is 0.425 e. The van der Waals surface area contributed by atoms with Crippen LogP contribution in [0.1, 0.15) is 11.4 Å². The number of nitrogen functional groups attached to an aromatic ring is 3. The first-order valence-corrected chi connectivity index (χ1v) is 37.5. The third kappa shape index (κ3) is 30.0. The van der Waals surface area contributed by atoms with Crippen LogP contribution in [0.25, 0.3) is 32.3 Å². The Balaban J connectivity index is 0.000000338. The largest absolute Gasteiger partial charge is 0.507 e. The predicted octanol–water partition coefficient (Wildman–Crippen LogP) is 6.17. The van der Waals surface area contributed by atoms with Crippen molar-refractivity contribution in [3.8, 4) is 17.2 Å². The fraction of sp³-hybridized carbons (Fsp3) is 0.0339. The maximum absolute atomic E-state index is 11.6. The minimum atomic E-state index is -4.63. The SMILES string of the molecule is Cc1n[c-]nc(Nc2ccc(N=Nc3c(N)c(C)cc4cc(S(=O)(=O)O)cc(O)c34)cc2)n1.O=S(=O)=O.O=S(=O)=O.O=S(=O)=O.[B]c1n[c-]nc(Nc2ccc(N=Nc3c(N)c(SOOO)cc4cc(S(=O)(=O)O)cc(O)c34)cc2)n1.[B]c1n[c-]nc(Nc2ccc(N=Nc3c(N)ccc4cc(S(=O)(=O)O)cc(O)c34)cc2)n1.[Y].[Y].[Y]. The van der Waals surface area contributed by atoms with Crippen molar-refractivity contribution in [2.24, 2.45) is 30.7 Å². The molecule has 0 amide bonds. The van der Waals surface area contributed by atoms with Gasteiger partial charge in [-0.2, -0.15) is 40.6 Å². The number of anilines is 9. The Hall–Kier alpha value is -9.95. The first kappa shape index (κ1) is 98.4. The summed E-state index contributed by atoms with van der Waals surface area (Å²) in [7, 11) is -12.0. The van der Waals surface area contributed by atoms with Crippen LogP contribution in [0.4, 0.5) is 86.1 Å². The minimum absolute atomic E-state index is 0. The Labute approximate surface area is 739 Å². The number of nitrogens with zero attached hydrogens (tertiary/aromatic N) is 15. The molecule has 0 aliphatic heterocycles. The molecule has 0 saturated heterocycles. The van der Waals surface area contributed by atoms with E-state index >= 15 is 0 Å². The van der Waals surface area contributed by atoms with Crippen molar-refractivity contribution in [2.45, 2.75) is 33.4 Å². The van der Waals surface area contributed by atoms with Gasteiger partial charge in [0.05, 0.1) is 97.6 Å². The zero-order valence-corrected chi connectivity index (χ0v) is 72.2. The van der Waals surface area contributed by atoms with Gasteiger partial charge >= 0.3 is 31.8 Å². The number of hydrogen-bond donors (Lipinski definition) is 13. The number of rotatable bonds is 18. The van der Waals surface area contributed by atoms with Crippen molar-refractivity contribution in [3.05, 3.63) is 164 Å². The number of aryl methyl sites for hydroxylation is 2. The van der Waals surface area contributed by atoms with Crippen LogP contribution in [0, 0.1) is 32.8 Å². The van der Waals surface area contributed by atoms with E-state index < -0.39 is 94.1 Å². The topological polar surface area (TPSA) is 720 Å². The summed E-state index contributed by atoms with van der Waals surface area (Å²) in [5, 5.41) is 78.4. The molecular formula is C59H44B2N21O24S7Y3-3. The van der Waals surface area contributed by atoms with Crippen molar-refractivity contribution in [1.29, 1.82) is 0 Å². The average Bonchev–Trinajstić information content (AvgIpc) is 0.761. The number of phenols is 3. The molecule has 12 aromatic rings. The van der Waals surface area contributed by atoms with E-state index in [0.717, 1.165) is 24.3 Å². The molecule has 16 N–H and O–H groups in total. The summed E-state index contributed by atoms with van der Waals surface area (Å²) in [5.74, 6) is -0.0170. The third-order valence-electron chi connectivity index (χ3n) is 13.6. The zero-order valence-electron chi connectivity index (χ0n) is 58.0. The van der Waals surface area contributed by atoms with E-state index in [4.69, 9.17) is 76.0 Å². The second-order valence-electron chi connectivity index (χ2n) is 21.1. The predicted molar refractivity (Wildman–Crippen MR) is 397 cm³/mol. The quantitative estimate of drug-likeness (QED) is 0.00667. The molecule has 7 radical (unpaired) electrons. The first-order chi connectivity index (χ1) is 53.2. The molecular weight excluding hydrogens is 1900 g/mol. The molecule has 12 rings (SSSR count). The Kier molecular flexibility index (Phi) is 38.1. The van der Waals surface area contributed by atoms with Gasteiger partial charge in [-0.25, -0.2) is 5.26 Å². The van der Waals surface area contributed by atoms with Gasteiger partial charge in [-0.15, -0.1) is 57.6 Å². The number of nitrogens with two attached hydrogens (primary N) is 3. The average molecular weight is 1940 g/mol. The van der Waals surface area contributed by atoms with E-state index in [-0.39, 0.29) is 182 Å². The molecule has 116 heavy (non-hydrogen) atoms. The normalized spacial score (nSPS) is 10.9. The third-order valence-corrected chi connectivity index (χ3v) is 16.7. The summed E-state index contributed by atoms with van der Waals surface area (Å²) < 4.78 is 177. The number of nitrogens with one attached hydrogen (secondary N) is 3. The molecule has 0 aliphatic rings. The van der Waals surface area contributed by atoms with Crippen molar-refractivity contribution in [3.63, 3.8) is 0 Å². The minimum Gasteiger partial charge on any atom is -0.507 e. The molecule has 57 heteroatoms. The van der Waals surface area contributed by atoms with Crippen LogP contribution < -0.4 is 44.6 Å². The van der Waals surface area contributed by atoms with Gasteiger partial charge in [0.2, 0.25) is 0 Å². The van der Waals surface area contributed by atoms with Gasteiger partial charge in [0.15, 0.2) is 0 Å². The van der Waals surface area contributed by atoms with E-state index in [0.29, 0.717) is 74.3 Å². The molecule has 0 aliphatic carbocycles. The molecule has 589 valence electrons. The number of phenolic OH excluding ortho intramolecular Hbond substituents is 3. The fourth-order valence-corrected chi connectivity index (χ4v) is 11.1. The summed E-state index contributed by atoms with van der Waals surface area (Å²) >= 11 is 0.492. The molecule has 3 aromatic heterocycles. The van der Waals surface area contributed by atoms with Gasteiger partial charge in [0.25, 0.3) is 30.4 Å². The van der Waals surface area contributed by atoms with Gasteiger partial charge in [0, 0.05) is 158 Å². The van der Waals surface area contributed by atoms with E-state index in [2.05, 4.69) is 120 Å². The van der Waals surface area contributed by atoms with Crippen LogP contribution in [-0.2, 0) is 170 Å². The molecule has 0 fully saturated rings. The Morgan fingerprint density at radius 1 is 0.431 bits per heavy atom. The second-order valence-corrected chi connectivity index (χ2v) is 27.4. The molecule has 0 atom stereocenters. The van der Waals surface area contributed by atoms with Crippen molar-refractivity contribution >= 4 is 220 Å². The molecule has 45 nitrogen and oxygen atoms in total. The Bertz CT molecular complexity index is 6370. The molecule has 0 unspecified atom stereocenters. The summed E-state index contributed by atoms with van der Waals surface area (Å²) in [4.78, 5) is 33.2. The standard InChI is InChI=1S/C21H18N7O4S.C19H13BN7O7S2.C19H13BN7O4S.3O3S.3Y/c1-11-7-13-8-16(33(30,31)32)9-17(29)18(13)20(19(11)22)28-27-15-5-3-14(4-6-15)26-21-24-10-23-12(2)25-21;20-18-22-8-23-19(25-18)24-10-1-3-11(4-2-10)26-27-17-15-9(6-14(16(17)21)35-34-33-29)5-12(7-13(15)28)36(30,31)32;20-18-22-9-23-19(25-18)24-11-2-4-12(5-3-11)26-27-17-14(21)6-1-10-7-13(32(29,30)31)8-15(28)16(10)17;3*1-4(2)3;;;/h3-9,29H,22H2,1-2H3,(H,30,31,32)(H,23,24,25,26);1-7,28-29H,21H2,(H,30,31,32)(H,22,23,24,25);1-8,28H,21H2,(H,29,30,31)(H,22,23,24,25);;;;;;/q3*-1;;;;;;. The number of hydrogen-bond acceptors (Lipinski definition) is 43. The molecule has 0 spiro atoms. The fourth-order valence-electron chi connectivity index (χ4n) is 9.01. The number of fused-ring (bicyclic) bond motifs is 3. The van der Waals surface area contributed by atoms with Crippen LogP contribution >= 0.6 is 12.0 Å². The number of benzene rings is 9. The Morgan fingerprint density at radius 3 is 1.11 bits per heavy atom. The van der Waals surface area contributed by atoms with Crippen LogP contribution in [0.5, 0.6) is 17.2 Å². The molecule has 9 aromatic carbocycles. The van der Waals surface area contributed by atoms with Gasteiger partial charge in [-0.05, 0) is 149 Å². The van der Waals surface area contributed by atoms with Crippen molar-refractivity contribution in [2.75, 3.05) is 33.2 Å². The van der Waals surface area contributed by atoms with Crippen LogP contribution in [-0.4, -0.2) is 158 Å². The van der Waals surface area contributed by atoms with E-state index in [1.165, 1.54) is 30.3 Å². The van der Waals surface area contributed by atoms with Crippen LogP contribution in [0.2, 0.25) is 0 Å². The van der Waals surface area contributed by atoms with Crippen LogP contribution in [0.3, 0.4) is 0 Å². The first-order valence-electron chi connectivity index (χ1n) is 29.5. The summed E-state index contributed by atoms with van der Waals surface area (Å²) in [5.41, 5.74) is 23.1. The van der Waals surface area contributed by atoms with Gasteiger partial charge in [-0.1, -0.05) is 18.0 Å². The molecule has 0 bridgehead atoms. The van der Waals surface area contributed by atoms with E-state index in [9.17, 15) is 54.2 Å². The smallest absolute Gasteiger partial charge is 0.425 e.